The van der Waals surface area contributed by atoms with Gasteiger partial charge in [0.1, 0.15) is 5.76 Å². The largest absolute Gasteiger partial charge is 0.468 e. The number of carbonyl (C=O) groups excluding carboxylic acids is 1. The van der Waals surface area contributed by atoms with E-state index < -0.39 is 6.04 Å². The van der Waals surface area contributed by atoms with E-state index in [9.17, 15) is 4.79 Å². The van der Waals surface area contributed by atoms with Gasteiger partial charge in [-0.25, -0.2) is 0 Å². The first-order valence-electron chi connectivity index (χ1n) is 7.03. The second kappa shape index (κ2) is 6.73. The van der Waals surface area contributed by atoms with Crippen molar-refractivity contribution in [3.05, 3.63) is 24.2 Å². The van der Waals surface area contributed by atoms with Crippen molar-refractivity contribution in [2.75, 3.05) is 19.6 Å². The third-order valence-corrected chi connectivity index (χ3v) is 3.70. The molecular weight excluding hydrogens is 242 g/mol. The zero-order chi connectivity index (χ0) is 13.7. The van der Waals surface area contributed by atoms with Crippen LogP contribution in [-0.4, -0.2) is 36.5 Å². The summed E-state index contributed by atoms with van der Waals surface area (Å²) in [5, 5.41) is 2.93. The fourth-order valence-electron chi connectivity index (χ4n) is 2.46. The van der Waals surface area contributed by atoms with Gasteiger partial charge in [0.05, 0.1) is 18.3 Å². The van der Waals surface area contributed by atoms with E-state index in [-0.39, 0.29) is 11.9 Å². The molecule has 1 fully saturated rings. The minimum atomic E-state index is -0.421. The average Bonchev–Trinajstić information content (AvgIpc) is 3.11. The molecule has 2 unspecified atom stereocenters. The van der Waals surface area contributed by atoms with Crippen LogP contribution in [0.25, 0.3) is 0 Å². The van der Waals surface area contributed by atoms with Crippen LogP contribution in [0, 0.1) is 0 Å². The van der Waals surface area contributed by atoms with Crippen molar-refractivity contribution in [2.45, 2.75) is 38.3 Å². The summed E-state index contributed by atoms with van der Waals surface area (Å²) in [4.78, 5) is 14.1. The Morgan fingerprint density at radius 3 is 2.84 bits per heavy atom. The summed E-state index contributed by atoms with van der Waals surface area (Å²) in [5.74, 6) is 0.825. The first-order valence-corrected chi connectivity index (χ1v) is 7.03. The lowest BCUT2D eigenvalue weighted by Gasteiger charge is -2.26. The zero-order valence-corrected chi connectivity index (χ0v) is 11.5. The van der Waals surface area contributed by atoms with Crippen LogP contribution in [0.5, 0.6) is 0 Å². The van der Waals surface area contributed by atoms with Gasteiger partial charge in [-0.2, -0.15) is 0 Å². The highest BCUT2D eigenvalue weighted by molar-refractivity contribution is 5.81. The maximum absolute atomic E-state index is 11.8. The molecule has 0 radical (unpaired) electrons. The molecule has 0 bridgehead atoms. The first kappa shape index (κ1) is 14.1. The van der Waals surface area contributed by atoms with Gasteiger partial charge in [0.15, 0.2) is 0 Å². The highest BCUT2D eigenvalue weighted by Crippen LogP contribution is 2.24. The molecular formula is C14H23N3O2. The fraction of sp³-hybridized carbons (Fsp3) is 0.643. The van der Waals surface area contributed by atoms with Gasteiger partial charge in [0.25, 0.3) is 0 Å². The maximum atomic E-state index is 11.8. The van der Waals surface area contributed by atoms with Gasteiger partial charge in [0, 0.05) is 6.54 Å². The number of amides is 1. The van der Waals surface area contributed by atoms with Crippen LogP contribution in [0.4, 0.5) is 0 Å². The molecule has 19 heavy (non-hydrogen) atoms. The SMILES string of the molecule is CCC(N)C(=O)NCC(c1ccco1)N1CCCC1. The molecule has 2 atom stereocenters. The molecule has 1 aromatic rings. The average molecular weight is 265 g/mol. The standard InChI is InChI=1S/C14H23N3O2/c1-2-11(15)14(18)16-10-12(13-6-5-9-19-13)17-7-3-4-8-17/h5-6,9,11-12H,2-4,7-8,10,15H2,1H3,(H,16,18). The van der Waals surface area contributed by atoms with Crippen LogP contribution in [0.3, 0.4) is 0 Å². The van der Waals surface area contributed by atoms with Crippen LogP contribution in [0.15, 0.2) is 22.8 Å². The predicted octanol–water partition coefficient (Wildman–Crippen LogP) is 1.27. The second-order valence-corrected chi connectivity index (χ2v) is 5.03. The Bertz CT molecular complexity index is 385. The number of carbonyl (C=O) groups is 1. The molecule has 0 spiro atoms. The van der Waals surface area contributed by atoms with Crippen molar-refractivity contribution >= 4 is 5.91 Å². The summed E-state index contributed by atoms with van der Waals surface area (Å²) < 4.78 is 5.50. The Balaban J connectivity index is 1.96. The summed E-state index contributed by atoms with van der Waals surface area (Å²) in [6.45, 7) is 4.58. The molecule has 2 rings (SSSR count). The molecule has 2 heterocycles. The Labute approximate surface area is 114 Å². The Kier molecular flexibility index (Phi) is 4.99. The summed E-state index contributed by atoms with van der Waals surface area (Å²) in [5.41, 5.74) is 5.73. The van der Waals surface area contributed by atoms with Crippen molar-refractivity contribution in [1.29, 1.82) is 0 Å². The quantitative estimate of drug-likeness (QED) is 0.812. The third-order valence-electron chi connectivity index (χ3n) is 3.70. The number of nitrogens with two attached hydrogens (primary N) is 1. The Morgan fingerprint density at radius 2 is 2.26 bits per heavy atom. The van der Waals surface area contributed by atoms with Gasteiger partial charge in [0.2, 0.25) is 5.91 Å². The van der Waals surface area contributed by atoms with Gasteiger partial charge in [-0.3, -0.25) is 9.69 Å². The van der Waals surface area contributed by atoms with Gasteiger partial charge in [-0.15, -0.1) is 0 Å². The number of rotatable bonds is 6. The number of hydrogen-bond donors (Lipinski definition) is 2. The van der Waals surface area contributed by atoms with E-state index >= 15 is 0 Å². The van der Waals surface area contributed by atoms with Crippen LogP contribution < -0.4 is 11.1 Å². The smallest absolute Gasteiger partial charge is 0.236 e. The number of likely N-dealkylation sites (tertiary alicyclic amines) is 1. The molecule has 0 aromatic carbocycles. The molecule has 1 aliphatic heterocycles. The van der Waals surface area contributed by atoms with E-state index in [0.29, 0.717) is 13.0 Å². The highest BCUT2D eigenvalue weighted by atomic mass is 16.3. The lowest BCUT2D eigenvalue weighted by Crippen LogP contribution is -2.44. The maximum Gasteiger partial charge on any atom is 0.236 e. The molecule has 1 saturated heterocycles. The summed E-state index contributed by atoms with van der Waals surface area (Å²) >= 11 is 0. The molecule has 3 N–H and O–H groups in total. The first-order chi connectivity index (χ1) is 9.22. The monoisotopic (exact) mass is 265 g/mol. The van der Waals surface area contributed by atoms with E-state index in [1.807, 2.05) is 19.1 Å². The van der Waals surface area contributed by atoms with Crippen LogP contribution in [-0.2, 0) is 4.79 Å². The molecule has 0 aliphatic carbocycles. The fourth-order valence-corrected chi connectivity index (χ4v) is 2.46. The van der Waals surface area contributed by atoms with Crippen molar-refractivity contribution in [3.63, 3.8) is 0 Å². The molecule has 1 amide bonds. The summed E-state index contributed by atoms with van der Waals surface area (Å²) in [6, 6.07) is 3.55. The normalized spacial score (nSPS) is 19.3. The van der Waals surface area contributed by atoms with Gasteiger partial charge >= 0.3 is 0 Å². The number of furan rings is 1. The molecule has 1 aliphatic rings. The minimum absolute atomic E-state index is 0.0850. The van der Waals surface area contributed by atoms with Crippen molar-refractivity contribution < 1.29 is 9.21 Å². The van der Waals surface area contributed by atoms with Crippen molar-refractivity contribution in [2.24, 2.45) is 5.73 Å². The van der Waals surface area contributed by atoms with E-state index in [1.54, 1.807) is 6.26 Å². The lowest BCUT2D eigenvalue weighted by molar-refractivity contribution is -0.122. The van der Waals surface area contributed by atoms with Gasteiger partial charge in [-0.05, 0) is 44.5 Å². The number of nitrogens with zero attached hydrogens (tertiary/aromatic N) is 1. The topological polar surface area (TPSA) is 71.5 Å². The minimum Gasteiger partial charge on any atom is -0.468 e. The summed E-state index contributed by atoms with van der Waals surface area (Å²) in [7, 11) is 0. The van der Waals surface area contributed by atoms with E-state index in [0.717, 1.165) is 18.8 Å². The lowest BCUT2D eigenvalue weighted by atomic mass is 10.1. The second-order valence-electron chi connectivity index (χ2n) is 5.03. The van der Waals surface area contributed by atoms with E-state index in [4.69, 9.17) is 10.2 Å². The molecule has 0 saturated carbocycles. The molecule has 106 valence electrons. The van der Waals surface area contributed by atoms with Crippen LogP contribution in [0.2, 0.25) is 0 Å². The highest BCUT2D eigenvalue weighted by Gasteiger charge is 2.26. The van der Waals surface area contributed by atoms with E-state index in [2.05, 4.69) is 10.2 Å². The van der Waals surface area contributed by atoms with Gasteiger partial charge < -0.3 is 15.5 Å². The Hall–Kier alpha value is -1.33. The zero-order valence-electron chi connectivity index (χ0n) is 11.5. The van der Waals surface area contributed by atoms with Crippen molar-refractivity contribution in [3.8, 4) is 0 Å². The Morgan fingerprint density at radius 1 is 1.53 bits per heavy atom. The molecule has 1 aromatic heterocycles. The van der Waals surface area contributed by atoms with Crippen LogP contribution >= 0.6 is 0 Å². The molecule has 5 heteroatoms. The van der Waals surface area contributed by atoms with E-state index in [1.165, 1.54) is 12.8 Å². The predicted molar refractivity (Wildman–Crippen MR) is 73.5 cm³/mol. The number of nitrogens with one attached hydrogen (secondary N) is 1. The van der Waals surface area contributed by atoms with Gasteiger partial charge in [-0.1, -0.05) is 6.92 Å². The molecule has 5 nitrogen and oxygen atoms in total. The van der Waals surface area contributed by atoms with Crippen molar-refractivity contribution in [1.82, 2.24) is 10.2 Å². The number of hydrogen-bond acceptors (Lipinski definition) is 4. The van der Waals surface area contributed by atoms with Crippen LogP contribution in [0.1, 0.15) is 38.0 Å². The third kappa shape index (κ3) is 3.58. The summed E-state index contributed by atoms with van der Waals surface area (Å²) in [6.07, 6.45) is 4.75.